The Bertz CT molecular complexity index is 1320. The van der Waals surface area contributed by atoms with Crippen LogP contribution >= 0.6 is 22.9 Å². The summed E-state index contributed by atoms with van der Waals surface area (Å²) in [5.41, 5.74) is 2.76. The third-order valence-electron chi connectivity index (χ3n) is 6.12. The van der Waals surface area contributed by atoms with Gasteiger partial charge in [-0.2, -0.15) is 0 Å². The minimum absolute atomic E-state index is 0.0411. The van der Waals surface area contributed by atoms with Gasteiger partial charge < -0.3 is 20.9 Å². The van der Waals surface area contributed by atoms with Crippen molar-refractivity contribution >= 4 is 46.4 Å². The first-order valence-corrected chi connectivity index (χ1v) is 13.6. The minimum atomic E-state index is -0.206. The number of carbonyl (C=O) groups excluding carboxylic acids is 2. The molecule has 1 saturated carbocycles. The predicted octanol–water partition coefficient (Wildman–Crippen LogP) is 4.69. The Morgan fingerprint density at radius 2 is 1.87 bits per heavy atom. The molecule has 0 saturated heterocycles. The zero-order chi connectivity index (χ0) is 27.2. The molecular formula is C27H32ClN7O2S. The first kappa shape index (κ1) is 27.7. The van der Waals surface area contributed by atoms with Crippen molar-refractivity contribution in [3.05, 3.63) is 63.9 Å². The van der Waals surface area contributed by atoms with Gasteiger partial charge in [-0.3, -0.25) is 9.59 Å². The van der Waals surface area contributed by atoms with Crippen LogP contribution in [-0.4, -0.2) is 64.4 Å². The molecule has 2 atom stereocenters. The van der Waals surface area contributed by atoms with Crippen molar-refractivity contribution in [1.82, 2.24) is 25.2 Å². The van der Waals surface area contributed by atoms with Gasteiger partial charge in [0, 0.05) is 36.0 Å². The highest BCUT2D eigenvalue weighted by Gasteiger charge is 2.27. The summed E-state index contributed by atoms with van der Waals surface area (Å²) < 4.78 is 0. The van der Waals surface area contributed by atoms with E-state index in [1.54, 1.807) is 47.9 Å². The molecule has 9 nitrogen and oxygen atoms in total. The fraction of sp³-hybridized carbons (Fsp3) is 0.370. The molecule has 1 aliphatic rings. The molecule has 1 aromatic carbocycles. The summed E-state index contributed by atoms with van der Waals surface area (Å²) in [6.07, 6.45) is 7.41. The monoisotopic (exact) mass is 553 g/mol. The topological polar surface area (TPSA) is 112 Å². The Morgan fingerprint density at radius 3 is 2.55 bits per heavy atom. The smallest absolute Gasteiger partial charge is 0.251 e. The number of thiazole rings is 1. The number of amides is 2. The van der Waals surface area contributed by atoms with Gasteiger partial charge in [-0.1, -0.05) is 17.7 Å². The maximum atomic E-state index is 12.8. The molecule has 1 aliphatic carbocycles. The summed E-state index contributed by atoms with van der Waals surface area (Å²) in [5, 5.41) is 10.8. The number of nitrogens with one attached hydrogen (secondary N) is 3. The lowest BCUT2D eigenvalue weighted by molar-refractivity contribution is -0.111. The van der Waals surface area contributed by atoms with E-state index in [0.29, 0.717) is 34.5 Å². The zero-order valence-electron chi connectivity index (χ0n) is 21.9. The number of anilines is 2. The molecule has 2 amide bonds. The van der Waals surface area contributed by atoms with Crippen molar-refractivity contribution in [3.63, 3.8) is 0 Å². The minimum Gasteiger partial charge on any atom is -0.351 e. The quantitative estimate of drug-likeness (QED) is 0.329. The predicted molar refractivity (Wildman–Crippen MR) is 153 cm³/mol. The molecule has 0 unspecified atom stereocenters. The fourth-order valence-electron chi connectivity index (χ4n) is 4.30. The number of rotatable bonds is 9. The highest BCUT2D eigenvalue weighted by Crippen LogP contribution is 2.34. The number of nitrogens with zero attached hydrogens (tertiary/aromatic N) is 4. The summed E-state index contributed by atoms with van der Waals surface area (Å²) in [4.78, 5) is 41.2. The molecule has 4 rings (SSSR count). The van der Waals surface area contributed by atoms with Gasteiger partial charge >= 0.3 is 0 Å². The molecule has 3 aromatic rings. The van der Waals surface area contributed by atoms with Crippen LogP contribution in [-0.2, 0) is 4.79 Å². The third kappa shape index (κ3) is 7.37. The lowest BCUT2D eigenvalue weighted by Gasteiger charge is -2.15. The Labute approximate surface area is 231 Å². The average molecular weight is 554 g/mol. The lowest BCUT2D eigenvalue weighted by atomic mass is 10.1. The van der Waals surface area contributed by atoms with E-state index in [0.717, 1.165) is 34.8 Å². The largest absolute Gasteiger partial charge is 0.351 e. The molecule has 3 N–H and O–H groups in total. The number of aromatic nitrogens is 3. The van der Waals surface area contributed by atoms with E-state index in [-0.39, 0.29) is 23.9 Å². The van der Waals surface area contributed by atoms with Gasteiger partial charge in [-0.15, -0.1) is 11.3 Å². The Kier molecular flexibility index (Phi) is 9.09. The third-order valence-corrected chi connectivity index (χ3v) is 7.47. The molecule has 0 bridgehead atoms. The summed E-state index contributed by atoms with van der Waals surface area (Å²) in [7, 11) is 3.87. The molecular weight excluding hydrogens is 522 g/mol. The van der Waals surface area contributed by atoms with Gasteiger partial charge in [-0.05, 0) is 71.5 Å². The first-order valence-electron chi connectivity index (χ1n) is 12.4. The highest BCUT2D eigenvalue weighted by atomic mass is 35.5. The van der Waals surface area contributed by atoms with E-state index < -0.39 is 0 Å². The molecule has 1 fully saturated rings. The summed E-state index contributed by atoms with van der Waals surface area (Å²) in [6, 6.07) is 7.06. The number of hydrogen-bond donors (Lipinski definition) is 3. The van der Waals surface area contributed by atoms with Crippen molar-refractivity contribution in [1.29, 1.82) is 0 Å². The van der Waals surface area contributed by atoms with Crippen molar-refractivity contribution in [3.8, 4) is 10.6 Å². The number of hydrogen-bond acceptors (Lipinski definition) is 8. The van der Waals surface area contributed by atoms with E-state index in [2.05, 4.69) is 30.9 Å². The number of aryl methyl sites for hydroxylation is 2. The van der Waals surface area contributed by atoms with E-state index in [1.165, 1.54) is 6.08 Å². The maximum Gasteiger partial charge on any atom is 0.251 e. The van der Waals surface area contributed by atoms with Crippen LogP contribution in [0.4, 0.5) is 11.6 Å². The van der Waals surface area contributed by atoms with Crippen LogP contribution < -0.4 is 16.0 Å². The standard InChI is InChI=1S/C27H32ClN7O2S/c1-16-25(38-17(2)30-16)24-22(28)15-29-27(34-24)33-21-12-11-20(14-21)32-26(37)18-7-9-19(10-8-18)31-23(36)6-5-13-35(3)4/h5-10,15,20-21H,11-14H2,1-4H3,(H,31,36)(H,32,37)(H,29,33,34)/t20-,21+/m1/s1. The Morgan fingerprint density at radius 1 is 1.13 bits per heavy atom. The van der Waals surface area contributed by atoms with Crippen LogP contribution in [0, 0.1) is 13.8 Å². The van der Waals surface area contributed by atoms with Gasteiger partial charge in [-0.25, -0.2) is 15.0 Å². The van der Waals surface area contributed by atoms with Crippen LogP contribution in [0.3, 0.4) is 0 Å². The van der Waals surface area contributed by atoms with Gasteiger partial charge in [0.05, 0.1) is 26.8 Å². The second-order valence-electron chi connectivity index (χ2n) is 9.59. The SMILES string of the molecule is Cc1nc(C)c(-c2nc(N[C@H]3CC[C@@H](NC(=O)c4ccc(NC(=O)C=CCN(C)C)cc4)C3)ncc2Cl)s1. The molecule has 2 heterocycles. The van der Waals surface area contributed by atoms with Gasteiger partial charge in [0.25, 0.3) is 5.91 Å². The molecule has 38 heavy (non-hydrogen) atoms. The summed E-state index contributed by atoms with van der Waals surface area (Å²) in [5.74, 6) is 0.171. The van der Waals surface area contributed by atoms with Crippen LogP contribution in [0.15, 0.2) is 42.6 Å². The van der Waals surface area contributed by atoms with E-state index in [1.807, 2.05) is 32.8 Å². The Hall–Kier alpha value is -3.34. The van der Waals surface area contributed by atoms with Gasteiger partial charge in [0.15, 0.2) is 0 Å². The van der Waals surface area contributed by atoms with Crippen LogP contribution in [0.25, 0.3) is 10.6 Å². The normalized spacial score (nSPS) is 17.2. The first-order chi connectivity index (χ1) is 18.2. The van der Waals surface area contributed by atoms with Gasteiger partial charge in [0.1, 0.15) is 5.69 Å². The highest BCUT2D eigenvalue weighted by molar-refractivity contribution is 7.15. The second kappa shape index (κ2) is 12.5. The van der Waals surface area contributed by atoms with E-state index in [9.17, 15) is 9.59 Å². The van der Waals surface area contributed by atoms with Gasteiger partial charge in [0.2, 0.25) is 11.9 Å². The molecule has 0 radical (unpaired) electrons. The zero-order valence-corrected chi connectivity index (χ0v) is 23.5. The molecule has 200 valence electrons. The molecule has 0 aliphatic heterocycles. The number of benzene rings is 1. The Balaban J connectivity index is 1.29. The number of carbonyl (C=O) groups is 2. The van der Waals surface area contributed by atoms with Crippen molar-refractivity contribution in [2.45, 2.75) is 45.2 Å². The molecule has 2 aromatic heterocycles. The second-order valence-corrected chi connectivity index (χ2v) is 11.2. The van der Waals surface area contributed by atoms with Crippen molar-refractivity contribution in [2.75, 3.05) is 31.3 Å². The molecule has 11 heteroatoms. The number of halogens is 1. The van der Waals surface area contributed by atoms with Crippen LogP contribution in [0.1, 0.15) is 40.3 Å². The van der Waals surface area contributed by atoms with Crippen LogP contribution in [0.2, 0.25) is 5.02 Å². The maximum absolute atomic E-state index is 12.8. The van der Waals surface area contributed by atoms with Crippen molar-refractivity contribution < 1.29 is 9.59 Å². The van der Waals surface area contributed by atoms with E-state index in [4.69, 9.17) is 11.6 Å². The number of likely N-dealkylation sites (N-methyl/N-ethyl adjacent to an activating group) is 1. The van der Waals surface area contributed by atoms with E-state index >= 15 is 0 Å². The van der Waals surface area contributed by atoms with Crippen LogP contribution in [0.5, 0.6) is 0 Å². The lowest BCUT2D eigenvalue weighted by Crippen LogP contribution is -2.34. The molecule has 0 spiro atoms. The average Bonchev–Trinajstić information content (AvgIpc) is 3.45. The summed E-state index contributed by atoms with van der Waals surface area (Å²) in [6.45, 7) is 4.59. The van der Waals surface area contributed by atoms with Crippen molar-refractivity contribution in [2.24, 2.45) is 0 Å². The summed E-state index contributed by atoms with van der Waals surface area (Å²) >= 11 is 7.95. The fourth-order valence-corrected chi connectivity index (χ4v) is 5.47.